The van der Waals surface area contributed by atoms with Crippen LogP contribution in [0.3, 0.4) is 0 Å². The molecular weight excluding hydrogens is 399 g/mol. The third-order valence-corrected chi connectivity index (χ3v) is 4.78. The predicted molar refractivity (Wildman–Crippen MR) is 102 cm³/mol. The minimum atomic E-state index is -4.46. The Bertz CT molecular complexity index is 1090. The molecule has 10 heteroatoms. The first-order valence-corrected chi connectivity index (χ1v) is 9.03. The molecule has 0 radical (unpaired) electrons. The molecule has 0 spiro atoms. The molecule has 3 heterocycles. The Labute approximate surface area is 169 Å². The molecule has 1 atom stereocenters. The van der Waals surface area contributed by atoms with Gasteiger partial charge >= 0.3 is 6.18 Å². The lowest BCUT2D eigenvalue weighted by molar-refractivity contribution is -0.137. The van der Waals surface area contributed by atoms with Crippen molar-refractivity contribution in [2.45, 2.75) is 19.1 Å². The molecule has 1 unspecified atom stereocenters. The second kappa shape index (κ2) is 7.29. The largest absolute Gasteiger partial charge is 0.416 e. The van der Waals surface area contributed by atoms with E-state index in [0.717, 1.165) is 12.1 Å². The van der Waals surface area contributed by atoms with Crippen LogP contribution < -0.4 is 10.2 Å². The summed E-state index contributed by atoms with van der Waals surface area (Å²) in [7, 11) is 0. The minimum absolute atomic E-state index is 0.0762. The van der Waals surface area contributed by atoms with Gasteiger partial charge in [-0.1, -0.05) is 0 Å². The first kappa shape index (κ1) is 19.6. The Morgan fingerprint density at radius 3 is 2.53 bits per heavy atom. The van der Waals surface area contributed by atoms with Gasteiger partial charge in [-0.15, -0.1) is 0 Å². The van der Waals surface area contributed by atoms with Gasteiger partial charge in [-0.2, -0.15) is 18.3 Å². The Kier molecular flexibility index (Phi) is 4.76. The average Bonchev–Trinajstić information content (AvgIpc) is 3.17. The highest BCUT2D eigenvalue weighted by Gasteiger charge is 2.36. The average molecular weight is 415 g/mol. The van der Waals surface area contributed by atoms with E-state index in [0.29, 0.717) is 11.4 Å². The number of rotatable bonds is 3. The SMILES string of the molecule is CC1CN(c2ccc(C(F)(F)F)cc2)C(=O)c2c(C(=O)Nc3cccnc3)cnn21. The first-order valence-electron chi connectivity index (χ1n) is 9.03. The number of amides is 2. The number of anilines is 2. The molecule has 3 aromatic rings. The van der Waals surface area contributed by atoms with Gasteiger partial charge in [0, 0.05) is 18.4 Å². The molecule has 0 saturated carbocycles. The number of hydrogen-bond acceptors (Lipinski definition) is 4. The third kappa shape index (κ3) is 3.51. The third-order valence-electron chi connectivity index (χ3n) is 4.78. The number of carbonyl (C=O) groups excluding carboxylic acids is 2. The van der Waals surface area contributed by atoms with Crippen molar-refractivity contribution >= 4 is 23.2 Å². The molecule has 1 aliphatic rings. The summed E-state index contributed by atoms with van der Waals surface area (Å²) >= 11 is 0. The first-order chi connectivity index (χ1) is 14.3. The zero-order valence-corrected chi connectivity index (χ0v) is 15.7. The molecule has 0 fully saturated rings. The number of fused-ring (bicyclic) bond motifs is 1. The monoisotopic (exact) mass is 415 g/mol. The molecule has 1 N–H and O–H groups in total. The van der Waals surface area contributed by atoms with Crippen LogP contribution in [0.15, 0.2) is 55.0 Å². The van der Waals surface area contributed by atoms with Crippen molar-refractivity contribution in [2.24, 2.45) is 0 Å². The molecule has 7 nitrogen and oxygen atoms in total. The van der Waals surface area contributed by atoms with Crippen LogP contribution in [0.25, 0.3) is 0 Å². The van der Waals surface area contributed by atoms with E-state index in [1.165, 1.54) is 34.1 Å². The van der Waals surface area contributed by atoms with E-state index in [2.05, 4.69) is 15.4 Å². The van der Waals surface area contributed by atoms with E-state index in [4.69, 9.17) is 0 Å². The van der Waals surface area contributed by atoms with Crippen LogP contribution in [0, 0.1) is 0 Å². The topological polar surface area (TPSA) is 80.1 Å². The lowest BCUT2D eigenvalue weighted by Gasteiger charge is -2.32. The van der Waals surface area contributed by atoms with Crippen molar-refractivity contribution < 1.29 is 22.8 Å². The molecule has 0 aliphatic carbocycles. The van der Waals surface area contributed by atoms with E-state index in [-0.39, 0.29) is 23.8 Å². The van der Waals surface area contributed by atoms with Crippen LogP contribution in [0.1, 0.15) is 39.4 Å². The van der Waals surface area contributed by atoms with E-state index >= 15 is 0 Å². The van der Waals surface area contributed by atoms with Gasteiger partial charge in [0.2, 0.25) is 0 Å². The molecule has 0 saturated heterocycles. The molecular formula is C20H16F3N5O2. The maximum Gasteiger partial charge on any atom is 0.416 e. The van der Waals surface area contributed by atoms with Crippen LogP contribution in [-0.2, 0) is 6.18 Å². The Morgan fingerprint density at radius 2 is 1.90 bits per heavy atom. The van der Waals surface area contributed by atoms with Crippen molar-refractivity contribution in [2.75, 3.05) is 16.8 Å². The number of aromatic nitrogens is 3. The number of carbonyl (C=O) groups is 2. The molecule has 2 amide bonds. The summed E-state index contributed by atoms with van der Waals surface area (Å²) in [6.07, 6.45) is -0.128. The zero-order chi connectivity index (χ0) is 21.5. The fraction of sp³-hybridized carbons (Fsp3) is 0.200. The van der Waals surface area contributed by atoms with Crippen molar-refractivity contribution in [3.05, 3.63) is 71.8 Å². The van der Waals surface area contributed by atoms with Crippen molar-refractivity contribution in [1.29, 1.82) is 0 Å². The predicted octanol–water partition coefficient (Wildman–Crippen LogP) is 3.77. The summed E-state index contributed by atoms with van der Waals surface area (Å²) in [5.74, 6) is -1.04. The van der Waals surface area contributed by atoms with Gasteiger partial charge in [0.15, 0.2) is 0 Å². The molecule has 4 rings (SSSR count). The standard InChI is InChI=1S/C20H16F3N5O2/c1-12-11-27(15-6-4-13(5-7-15)20(21,22)23)19(30)17-16(10-25-28(12)17)18(29)26-14-3-2-8-24-9-14/h2-10,12H,11H2,1H3,(H,26,29). The van der Waals surface area contributed by atoms with Gasteiger partial charge in [0.25, 0.3) is 11.8 Å². The maximum atomic E-state index is 13.1. The quantitative estimate of drug-likeness (QED) is 0.706. The second-order valence-corrected chi connectivity index (χ2v) is 6.86. The Hall–Kier alpha value is -3.69. The van der Waals surface area contributed by atoms with Crippen molar-refractivity contribution in [3.63, 3.8) is 0 Å². The van der Waals surface area contributed by atoms with E-state index in [9.17, 15) is 22.8 Å². The number of pyridine rings is 1. The Balaban J connectivity index is 1.65. The molecule has 2 aromatic heterocycles. The van der Waals surface area contributed by atoms with E-state index in [1.807, 2.05) is 6.92 Å². The van der Waals surface area contributed by atoms with E-state index < -0.39 is 23.6 Å². The summed E-state index contributed by atoms with van der Waals surface area (Å²) in [5, 5.41) is 6.83. The number of nitrogens with one attached hydrogen (secondary N) is 1. The summed E-state index contributed by atoms with van der Waals surface area (Å²) in [6.45, 7) is 2.02. The van der Waals surface area contributed by atoms with Gasteiger partial charge in [0.1, 0.15) is 5.69 Å². The normalized spacial score (nSPS) is 16.3. The molecule has 154 valence electrons. The lowest BCUT2D eigenvalue weighted by Crippen LogP contribution is -2.43. The van der Waals surface area contributed by atoms with Gasteiger partial charge in [-0.05, 0) is 43.3 Å². The molecule has 30 heavy (non-hydrogen) atoms. The summed E-state index contributed by atoms with van der Waals surface area (Å²) in [4.78, 5) is 31.1. The van der Waals surface area contributed by atoms with Crippen LogP contribution in [0.5, 0.6) is 0 Å². The van der Waals surface area contributed by atoms with E-state index in [1.54, 1.807) is 18.3 Å². The number of hydrogen-bond donors (Lipinski definition) is 1. The summed E-state index contributed by atoms with van der Waals surface area (Å²) < 4.78 is 40.0. The Morgan fingerprint density at radius 1 is 1.17 bits per heavy atom. The fourth-order valence-electron chi connectivity index (χ4n) is 3.32. The highest BCUT2D eigenvalue weighted by Crippen LogP contribution is 2.32. The summed E-state index contributed by atoms with van der Waals surface area (Å²) in [5.41, 5.74) is 0.122. The molecule has 1 aromatic carbocycles. The van der Waals surface area contributed by atoms with Gasteiger partial charge in [-0.3, -0.25) is 19.3 Å². The second-order valence-electron chi connectivity index (χ2n) is 6.86. The van der Waals surface area contributed by atoms with Crippen LogP contribution in [0.2, 0.25) is 0 Å². The number of nitrogens with zero attached hydrogens (tertiary/aromatic N) is 4. The zero-order valence-electron chi connectivity index (χ0n) is 15.7. The van der Waals surface area contributed by atoms with Gasteiger partial charge < -0.3 is 10.2 Å². The maximum absolute atomic E-state index is 13.1. The lowest BCUT2D eigenvalue weighted by atomic mass is 10.1. The number of benzene rings is 1. The smallest absolute Gasteiger partial charge is 0.320 e. The highest BCUT2D eigenvalue weighted by atomic mass is 19.4. The minimum Gasteiger partial charge on any atom is -0.320 e. The molecule has 1 aliphatic heterocycles. The van der Waals surface area contributed by atoms with Gasteiger partial charge in [-0.25, -0.2) is 0 Å². The fourth-order valence-corrected chi connectivity index (χ4v) is 3.32. The highest BCUT2D eigenvalue weighted by molar-refractivity contribution is 6.15. The van der Waals surface area contributed by atoms with Crippen LogP contribution in [-0.4, -0.2) is 33.1 Å². The summed E-state index contributed by atoms with van der Waals surface area (Å²) in [6, 6.07) is 7.37. The number of halogens is 3. The van der Waals surface area contributed by atoms with Gasteiger partial charge in [0.05, 0.1) is 35.2 Å². The molecule has 0 bridgehead atoms. The number of alkyl halides is 3. The van der Waals surface area contributed by atoms with Crippen LogP contribution in [0.4, 0.5) is 24.5 Å². The van der Waals surface area contributed by atoms with Crippen molar-refractivity contribution in [3.8, 4) is 0 Å². The van der Waals surface area contributed by atoms with Crippen molar-refractivity contribution in [1.82, 2.24) is 14.8 Å². The van der Waals surface area contributed by atoms with Crippen LogP contribution >= 0.6 is 0 Å².